The lowest BCUT2D eigenvalue weighted by molar-refractivity contribution is -0.162. The lowest BCUT2D eigenvalue weighted by Crippen LogP contribution is -2.50. The van der Waals surface area contributed by atoms with Gasteiger partial charge in [-0.25, -0.2) is 14.5 Å². The summed E-state index contributed by atoms with van der Waals surface area (Å²) in [6.07, 6.45) is 7.61. The van der Waals surface area contributed by atoms with E-state index in [1.165, 1.54) is 7.11 Å². The molecule has 1 atom stereocenters. The van der Waals surface area contributed by atoms with E-state index >= 15 is 0 Å². The molecule has 7 rings (SSSR count). The number of carbonyl (C=O) groups excluding carboxylic acids is 1. The van der Waals surface area contributed by atoms with Gasteiger partial charge in [-0.2, -0.15) is 5.10 Å². The van der Waals surface area contributed by atoms with Gasteiger partial charge in [-0.05, 0) is 74.6 Å². The SMILES string of the molecule is C=C(NCc1ccc2c(c1)N=C(NO)CO2)c1cc(C(C)NCC23CCC(C(=O)OC)(CC2)CC3)n2nccc2n1. The lowest BCUT2D eigenvalue weighted by atomic mass is 9.53. The van der Waals surface area contributed by atoms with Crippen LogP contribution in [0.25, 0.3) is 11.3 Å². The van der Waals surface area contributed by atoms with Gasteiger partial charge in [-0.1, -0.05) is 12.6 Å². The highest BCUT2D eigenvalue weighted by Crippen LogP contribution is 2.57. The summed E-state index contributed by atoms with van der Waals surface area (Å²) in [6, 6.07) is 9.74. The van der Waals surface area contributed by atoms with E-state index in [0.29, 0.717) is 29.5 Å². The van der Waals surface area contributed by atoms with Crippen molar-refractivity contribution in [1.29, 1.82) is 0 Å². The van der Waals surface area contributed by atoms with Gasteiger partial charge in [0, 0.05) is 25.2 Å². The number of fused-ring (bicyclic) bond motifs is 5. The largest absolute Gasteiger partial charge is 0.483 e. The molecule has 0 radical (unpaired) electrons. The van der Waals surface area contributed by atoms with Crippen molar-refractivity contribution >= 4 is 28.8 Å². The third-order valence-electron chi connectivity index (χ3n) is 9.22. The maximum atomic E-state index is 12.4. The Labute approximate surface area is 239 Å². The number of carbonyl (C=O) groups is 1. The summed E-state index contributed by atoms with van der Waals surface area (Å²) < 4.78 is 12.6. The number of ether oxygens (including phenoxy) is 2. The van der Waals surface area contributed by atoms with Crippen LogP contribution in [-0.4, -0.2) is 51.9 Å². The lowest BCUT2D eigenvalue weighted by Gasteiger charge is -2.52. The van der Waals surface area contributed by atoms with Crippen LogP contribution in [0.5, 0.6) is 5.75 Å². The third kappa shape index (κ3) is 5.15. The van der Waals surface area contributed by atoms with E-state index in [-0.39, 0.29) is 29.4 Å². The molecule has 11 heteroatoms. The number of esters is 1. The van der Waals surface area contributed by atoms with Crippen LogP contribution in [-0.2, 0) is 16.1 Å². The molecule has 0 saturated heterocycles. The van der Waals surface area contributed by atoms with Gasteiger partial charge in [0.1, 0.15) is 18.0 Å². The van der Waals surface area contributed by atoms with Crippen LogP contribution in [0.3, 0.4) is 0 Å². The fraction of sp³-hybridized carbons (Fsp3) is 0.467. The first kappa shape index (κ1) is 27.2. The Hall–Kier alpha value is -3.96. The number of aliphatic imine (C=N–C) groups is 1. The first-order chi connectivity index (χ1) is 19.8. The van der Waals surface area contributed by atoms with Crippen LogP contribution in [0.2, 0.25) is 0 Å². The number of aromatic nitrogens is 3. The quantitative estimate of drug-likeness (QED) is 0.226. The first-order valence-corrected chi connectivity index (χ1v) is 14.2. The minimum absolute atomic E-state index is 0.0309. The van der Waals surface area contributed by atoms with Gasteiger partial charge in [-0.15, -0.1) is 0 Å². The van der Waals surface area contributed by atoms with E-state index in [4.69, 9.17) is 19.7 Å². The summed E-state index contributed by atoms with van der Waals surface area (Å²) in [5, 5.41) is 20.9. The van der Waals surface area contributed by atoms with Crippen molar-refractivity contribution in [3.05, 3.63) is 60.1 Å². The minimum atomic E-state index is -0.267. The number of methoxy groups -OCH3 is 1. The highest BCUT2D eigenvalue weighted by Gasteiger charge is 2.52. The summed E-state index contributed by atoms with van der Waals surface area (Å²) in [6.45, 7) is 8.04. The molecular weight excluding hydrogens is 522 g/mol. The van der Waals surface area contributed by atoms with Crippen molar-refractivity contribution in [3.63, 3.8) is 0 Å². The highest BCUT2D eigenvalue weighted by molar-refractivity contribution is 5.87. The molecule has 3 saturated carbocycles. The number of amidine groups is 1. The molecule has 0 spiro atoms. The number of hydroxylamine groups is 1. The Morgan fingerprint density at radius 1 is 1.20 bits per heavy atom. The first-order valence-electron chi connectivity index (χ1n) is 14.2. The predicted molar refractivity (Wildman–Crippen MR) is 154 cm³/mol. The van der Waals surface area contributed by atoms with Crippen molar-refractivity contribution < 1.29 is 19.5 Å². The van der Waals surface area contributed by atoms with Gasteiger partial charge < -0.3 is 20.1 Å². The molecule has 1 unspecified atom stereocenters. The molecule has 216 valence electrons. The number of rotatable bonds is 9. The fourth-order valence-corrected chi connectivity index (χ4v) is 6.49. The number of benzene rings is 1. The zero-order valence-corrected chi connectivity index (χ0v) is 23.6. The standard InChI is InChI=1S/C30H37N7O4/c1-19(31-16-21-4-5-25-23(14-21)34-26(36-39)17-41-25)22-15-24(37-27(35-22)6-13-33-37)20(2)32-18-29-7-10-30(11-8-29,12-9-29)28(38)40-3/h4-6,13-15,20,31-32,39H,1,7-12,16-18H2,2-3H3,(H,34,36). The normalized spacial score (nSPS) is 23.7. The van der Waals surface area contributed by atoms with Gasteiger partial charge in [0.15, 0.2) is 11.5 Å². The summed E-state index contributed by atoms with van der Waals surface area (Å²) in [5.74, 6) is 1.00. The van der Waals surface area contributed by atoms with E-state index in [1.807, 2.05) is 34.8 Å². The van der Waals surface area contributed by atoms with Crippen molar-refractivity contribution in [3.8, 4) is 5.75 Å². The number of nitrogens with one attached hydrogen (secondary N) is 3. The van der Waals surface area contributed by atoms with Crippen LogP contribution < -0.4 is 20.9 Å². The second-order valence-electron chi connectivity index (χ2n) is 11.6. The average molecular weight is 560 g/mol. The van der Waals surface area contributed by atoms with Crippen LogP contribution >= 0.6 is 0 Å². The molecule has 4 aliphatic rings. The molecule has 3 aliphatic carbocycles. The van der Waals surface area contributed by atoms with E-state index in [9.17, 15) is 4.79 Å². The molecule has 2 aromatic heterocycles. The van der Waals surface area contributed by atoms with Crippen LogP contribution in [0.15, 0.2) is 48.1 Å². The van der Waals surface area contributed by atoms with Gasteiger partial charge in [-0.3, -0.25) is 15.5 Å². The number of hydrogen-bond acceptors (Lipinski definition) is 10. The second-order valence-corrected chi connectivity index (χ2v) is 11.6. The molecule has 1 aromatic carbocycles. The number of nitrogens with zero attached hydrogens (tertiary/aromatic N) is 4. The van der Waals surface area contributed by atoms with Gasteiger partial charge >= 0.3 is 5.97 Å². The smallest absolute Gasteiger partial charge is 0.311 e. The van der Waals surface area contributed by atoms with Crippen LogP contribution in [0.1, 0.15) is 68.4 Å². The monoisotopic (exact) mass is 559 g/mol. The highest BCUT2D eigenvalue weighted by atomic mass is 16.5. The Morgan fingerprint density at radius 3 is 2.71 bits per heavy atom. The summed E-state index contributed by atoms with van der Waals surface area (Å²) >= 11 is 0. The van der Waals surface area contributed by atoms with Crippen LogP contribution in [0, 0.1) is 10.8 Å². The molecule has 4 N–H and O–H groups in total. The molecule has 0 amide bonds. The molecule has 3 fully saturated rings. The van der Waals surface area contributed by atoms with Gasteiger partial charge in [0.2, 0.25) is 0 Å². The second kappa shape index (κ2) is 10.8. The van der Waals surface area contributed by atoms with E-state index in [1.54, 1.807) is 6.20 Å². The Kier molecular flexibility index (Phi) is 7.16. The Morgan fingerprint density at radius 2 is 1.98 bits per heavy atom. The predicted octanol–water partition coefficient (Wildman–Crippen LogP) is 4.06. The maximum absolute atomic E-state index is 12.4. The van der Waals surface area contributed by atoms with Gasteiger partial charge in [0.25, 0.3) is 0 Å². The fourth-order valence-electron chi connectivity index (χ4n) is 6.49. The van der Waals surface area contributed by atoms with Crippen LogP contribution in [0.4, 0.5) is 5.69 Å². The average Bonchev–Trinajstić information content (AvgIpc) is 3.51. The van der Waals surface area contributed by atoms with E-state index in [2.05, 4.69) is 39.7 Å². The molecule has 2 bridgehead atoms. The zero-order chi connectivity index (χ0) is 28.6. The molecule has 1 aliphatic heterocycles. The van der Waals surface area contributed by atoms with E-state index in [0.717, 1.165) is 67.7 Å². The molecule has 3 aromatic rings. The van der Waals surface area contributed by atoms with Crippen molar-refractivity contribution in [2.24, 2.45) is 15.8 Å². The number of hydrogen-bond donors (Lipinski definition) is 4. The zero-order valence-electron chi connectivity index (χ0n) is 23.6. The molecule has 3 heterocycles. The summed E-state index contributed by atoms with van der Waals surface area (Å²) in [5.41, 5.74) is 6.89. The molecule has 11 nitrogen and oxygen atoms in total. The van der Waals surface area contributed by atoms with E-state index < -0.39 is 0 Å². The van der Waals surface area contributed by atoms with Crippen molar-refractivity contribution in [2.75, 3.05) is 20.3 Å². The summed E-state index contributed by atoms with van der Waals surface area (Å²) in [4.78, 5) is 21.6. The minimum Gasteiger partial charge on any atom is -0.483 e. The Bertz CT molecular complexity index is 1490. The third-order valence-corrected chi connectivity index (χ3v) is 9.22. The van der Waals surface area contributed by atoms with Gasteiger partial charge in [0.05, 0.1) is 35.8 Å². The summed E-state index contributed by atoms with van der Waals surface area (Å²) in [7, 11) is 1.50. The van der Waals surface area contributed by atoms with Crippen molar-refractivity contribution in [2.45, 2.75) is 58.0 Å². The molecule has 41 heavy (non-hydrogen) atoms. The maximum Gasteiger partial charge on any atom is 0.311 e. The Balaban J connectivity index is 1.13. The topological polar surface area (TPSA) is 134 Å². The van der Waals surface area contributed by atoms with Crippen molar-refractivity contribution in [1.82, 2.24) is 30.7 Å². The molecular formula is C30H37N7O4.